The molecule has 1 saturated heterocycles. The average Bonchev–Trinajstić information content (AvgIpc) is 2.21. The van der Waals surface area contributed by atoms with Gasteiger partial charge in [-0.2, -0.15) is 0 Å². The van der Waals surface area contributed by atoms with Crippen molar-refractivity contribution >= 4 is 51.2 Å². The smallest absolute Gasteiger partial charge is 0.342 e. The quantitative estimate of drug-likeness (QED) is 0.514. The Kier molecular flexibility index (Phi) is 3.83. The van der Waals surface area contributed by atoms with Crippen molar-refractivity contribution in [2.45, 2.75) is 12.5 Å². The van der Waals surface area contributed by atoms with Crippen molar-refractivity contribution in [3.05, 3.63) is 24.8 Å². The molecule has 1 heterocycles. The van der Waals surface area contributed by atoms with Crippen molar-refractivity contribution in [2.75, 3.05) is 13.1 Å². The summed E-state index contributed by atoms with van der Waals surface area (Å²) in [6, 6.07) is 3.46. The molecule has 1 aliphatic heterocycles. The number of hydrogen-bond donors (Lipinski definition) is 2. The molecule has 0 radical (unpaired) electrons. The molecular formula is C11H12I2NO3+. The lowest BCUT2D eigenvalue weighted by atomic mass is 10.00. The fourth-order valence-corrected chi connectivity index (χ4v) is 3.48. The summed E-state index contributed by atoms with van der Waals surface area (Å²) in [6.45, 7) is 3.46. The number of phenolic OH excluding ortho intramolecular Hbond substituents is 1. The Morgan fingerprint density at radius 1 is 1.47 bits per heavy atom. The van der Waals surface area contributed by atoms with Crippen LogP contribution in [0.4, 0.5) is 0 Å². The van der Waals surface area contributed by atoms with Crippen LogP contribution in [0.25, 0.3) is 0 Å². The Morgan fingerprint density at radius 3 is 2.65 bits per heavy atom. The van der Waals surface area contributed by atoms with Crippen LogP contribution < -0.4 is 5.32 Å². The van der Waals surface area contributed by atoms with E-state index < -0.39 is 11.6 Å². The molecule has 1 aromatic carbocycles. The molecule has 0 spiro atoms. The Labute approximate surface area is 126 Å². The fourth-order valence-electron chi connectivity index (χ4n) is 1.63. The number of halogens is 2. The van der Waals surface area contributed by atoms with Crippen LogP contribution >= 0.6 is 45.2 Å². The topological polar surface area (TPSA) is 63.1 Å². The molecule has 0 amide bonds. The minimum absolute atomic E-state index is 0.00270. The van der Waals surface area contributed by atoms with Crippen LogP contribution in [-0.4, -0.2) is 29.8 Å². The second-order valence-electron chi connectivity index (χ2n) is 4.32. The Hall–Kier alpha value is -0.0900. The van der Waals surface area contributed by atoms with Gasteiger partial charge in [0.15, 0.2) is 0 Å². The maximum Gasteiger partial charge on any atom is 0.342 e. The van der Waals surface area contributed by atoms with E-state index in [0.717, 1.165) is 16.7 Å². The summed E-state index contributed by atoms with van der Waals surface area (Å²) in [4.78, 5) is 12.0. The molecule has 4 nitrogen and oxygen atoms in total. The highest BCUT2D eigenvalue weighted by molar-refractivity contribution is 14.1. The molecule has 2 rings (SSSR count). The molecular weight excluding hydrogens is 448 g/mol. The van der Waals surface area contributed by atoms with Crippen LogP contribution in [0.1, 0.15) is 17.3 Å². The molecule has 0 aromatic heterocycles. The standard InChI is InChI=1S/C11H11I2NO3/c1-11(4-14-5-11)17-10(16)7-2-6(12)3-8(13)9(7)15/h2-3,14-15H,4-5H2,1H3/p+1. The molecule has 0 unspecified atom stereocenters. The van der Waals surface area contributed by atoms with Crippen molar-refractivity contribution in [2.24, 2.45) is 0 Å². The zero-order valence-electron chi connectivity index (χ0n) is 9.17. The first-order valence-corrected chi connectivity index (χ1v) is 7.30. The molecule has 0 saturated carbocycles. The average molecular weight is 460 g/mol. The van der Waals surface area contributed by atoms with Crippen molar-refractivity contribution < 1.29 is 20.0 Å². The molecule has 17 heavy (non-hydrogen) atoms. The Bertz CT molecular complexity index is 472. The fraction of sp³-hybridized carbons (Fsp3) is 0.364. The van der Waals surface area contributed by atoms with E-state index in [9.17, 15) is 9.90 Å². The van der Waals surface area contributed by atoms with Gasteiger partial charge in [-0.1, -0.05) is 0 Å². The van der Waals surface area contributed by atoms with Gasteiger partial charge >= 0.3 is 5.97 Å². The summed E-state index contributed by atoms with van der Waals surface area (Å²) in [7, 11) is 0. The number of carbonyl (C=O) groups excluding carboxylic acids is 1. The minimum atomic E-state index is -0.450. The van der Waals surface area contributed by atoms with Gasteiger partial charge in [-0.3, -0.25) is 0 Å². The van der Waals surface area contributed by atoms with Crippen molar-refractivity contribution in [3.63, 3.8) is 0 Å². The predicted molar refractivity (Wildman–Crippen MR) is 79.0 cm³/mol. The van der Waals surface area contributed by atoms with Gasteiger partial charge in [-0.15, -0.1) is 0 Å². The summed E-state index contributed by atoms with van der Waals surface area (Å²) in [6.07, 6.45) is 0. The van der Waals surface area contributed by atoms with E-state index in [1.807, 2.05) is 35.6 Å². The third kappa shape index (κ3) is 2.84. The summed E-state index contributed by atoms with van der Waals surface area (Å²) >= 11 is 4.11. The first-order chi connectivity index (χ1) is 7.91. The molecule has 3 N–H and O–H groups in total. The number of ether oxygens (including phenoxy) is 1. The maximum absolute atomic E-state index is 12.0. The normalized spacial score (nSPS) is 17.4. The maximum atomic E-state index is 12.0. The molecule has 0 aliphatic carbocycles. The van der Waals surface area contributed by atoms with Gasteiger partial charge in [-0.05, 0) is 64.2 Å². The third-order valence-corrected chi connectivity index (χ3v) is 4.18. The number of benzene rings is 1. The number of rotatable bonds is 2. The van der Waals surface area contributed by atoms with Gasteiger partial charge in [0.2, 0.25) is 5.60 Å². The number of esters is 1. The lowest BCUT2D eigenvalue weighted by Crippen LogP contribution is -3.02. The number of hydrogen-bond acceptors (Lipinski definition) is 3. The molecule has 0 bridgehead atoms. The highest BCUT2D eigenvalue weighted by atomic mass is 127. The van der Waals surface area contributed by atoms with Gasteiger partial charge in [0, 0.05) is 3.57 Å². The number of phenols is 1. The first-order valence-electron chi connectivity index (χ1n) is 5.14. The zero-order valence-corrected chi connectivity index (χ0v) is 13.5. The largest absolute Gasteiger partial charge is 0.506 e. The summed E-state index contributed by atoms with van der Waals surface area (Å²) in [5, 5.41) is 11.9. The van der Waals surface area contributed by atoms with Gasteiger partial charge in [0.25, 0.3) is 0 Å². The third-order valence-electron chi connectivity index (χ3n) is 2.74. The Morgan fingerprint density at radius 2 is 2.12 bits per heavy atom. The van der Waals surface area contributed by atoms with E-state index in [1.165, 1.54) is 0 Å². The highest BCUT2D eigenvalue weighted by Gasteiger charge is 2.41. The number of carbonyl (C=O) groups is 1. The molecule has 1 fully saturated rings. The van der Waals surface area contributed by atoms with Crippen LogP contribution in [0, 0.1) is 7.14 Å². The number of nitrogens with two attached hydrogens (primary N) is 1. The zero-order chi connectivity index (χ0) is 12.6. The minimum Gasteiger partial charge on any atom is -0.506 e. The van der Waals surface area contributed by atoms with Crippen LogP contribution in [0.5, 0.6) is 5.75 Å². The van der Waals surface area contributed by atoms with E-state index in [1.54, 1.807) is 6.07 Å². The monoisotopic (exact) mass is 460 g/mol. The predicted octanol–water partition coefficient (Wildman–Crippen LogP) is 1.09. The number of quaternary nitrogens is 1. The van der Waals surface area contributed by atoms with Crippen LogP contribution in [-0.2, 0) is 4.74 Å². The van der Waals surface area contributed by atoms with Crippen molar-refractivity contribution in [3.8, 4) is 5.75 Å². The van der Waals surface area contributed by atoms with Gasteiger partial charge in [-0.25, -0.2) is 4.79 Å². The lowest BCUT2D eigenvalue weighted by Gasteiger charge is -2.34. The second-order valence-corrected chi connectivity index (χ2v) is 6.73. The van der Waals surface area contributed by atoms with Crippen molar-refractivity contribution in [1.29, 1.82) is 0 Å². The van der Waals surface area contributed by atoms with Crippen LogP contribution in [0.2, 0.25) is 0 Å². The van der Waals surface area contributed by atoms with E-state index in [-0.39, 0.29) is 11.3 Å². The van der Waals surface area contributed by atoms with E-state index in [4.69, 9.17) is 4.74 Å². The first kappa shape index (κ1) is 13.3. The summed E-state index contributed by atoms with van der Waals surface area (Å²) in [5.41, 5.74) is -0.148. The lowest BCUT2D eigenvalue weighted by molar-refractivity contribution is -0.738. The molecule has 1 aromatic rings. The van der Waals surface area contributed by atoms with Crippen molar-refractivity contribution in [1.82, 2.24) is 0 Å². The van der Waals surface area contributed by atoms with Gasteiger partial charge in [0.05, 0.1) is 3.57 Å². The highest BCUT2D eigenvalue weighted by Crippen LogP contribution is 2.28. The van der Waals surface area contributed by atoms with E-state index in [0.29, 0.717) is 3.57 Å². The number of aromatic hydroxyl groups is 1. The molecule has 1 aliphatic rings. The molecule has 6 heteroatoms. The van der Waals surface area contributed by atoms with Gasteiger partial charge < -0.3 is 15.2 Å². The van der Waals surface area contributed by atoms with Crippen LogP contribution in [0.3, 0.4) is 0 Å². The Balaban J connectivity index is 2.24. The second kappa shape index (κ2) is 4.88. The van der Waals surface area contributed by atoms with E-state index in [2.05, 4.69) is 27.9 Å². The van der Waals surface area contributed by atoms with Crippen LogP contribution in [0.15, 0.2) is 12.1 Å². The molecule has 92 valence electrons. The summed E-state index contributed by atoms with van der Waals surface area (Å²) < 4.78 is 6.98. The molecule has 0 atom stereocenters. The SMILES string of the molecule is CC1(OC(=O)c2cc(I)cc(I)c2O)C[NH2+]C1. The van der Waals surface area contributed by atoms with E-state index >= 15 is 0 Å². The van der Waals surface area contributed by atoms with Gasteiger partial charge in [0.1, 0.15) is 24.4 Å². The summed E-state index contributed by atoms with van der Waals surface area (Å²) in [5.74, 6) is -0.447.